The predicted octanol–water partition coefficient (Wildman–Crippen LogP) is 2.72. The standard InChI is InChI=1S/C7H5F2I2NO/c8-7(9)5-3(10)1-12-4(2-13)6(5)11/h1,7,13H,2H2. The molecule has 1 heterocycles. The zero-order valence-electron chi connectivity index (χ0n) is 6.27. The number of pyridine rings is 1. The minimum Gasteiger partial charge on any atom is -0.390 e. The van der Waals surface area contributed by atoms with Crippen LogP contribution in [0.15, 0.2) is 6.20 Å². The average Bonchev–Trinajstić information content (AvgIpc) is 2.04. The van der Waals surface area contributed by atoms with Crippen molar-refractivity contribution in [1.29, 1.82) is 0 Å². The van der Waals surface area contributed by atoms with Crippen molar-refractivity contribution in [3.8, 4) is 0 Å². The SMILES string of the molecule is OCc1ncc(I)c(C(F)F)c1I. The first-order chi connectivity index (χ1) is 6.07. The van der Waals surface area contributed by atoms with Crippen LogP contribution < -0.4 is 0 Å². The number of aliphatic hydroxyl groups excluding tert-OH is 1. The molecule has 1 rings (SSSR count). The highest BCUT2D eigenvalue weighted by atomic mass is 127. The maximum absolute atomic E-state index is 12.5. The number of aliphatic hydroxyl groups is 1. The molecule has 0 saturated heterocycles. The van der Waals surface area contributed by atoms with Crippen LogP contribution in [0.2, 0.25) is 0 Å². The van der Waals surface area contributed by atoms with Gasteiger partial charge >= 0.3 is 0 Å². The molecular weight excluding hydrogens is 406 g/mol. The maximum Gasteiger partial charge on any atom is 0.266 e. The third-order valence-electron chi connectivity index (χ3n) is 1.45. The molecule has 0 aromatic carbocycles. The van der Waals surface area contributed by atoms with E-state index in [2.05, 4.69) is 4.98 Å². The summed E-state index contributed by atoms with van der Waals surface area (Å²) in [6.07, 6.45) is -1.18. The highest BCUT2D eigenvalue weighted by molar-refractivity contribution is 14.1. The molecule has 0 aliphatic carbocycles. The fraction of sp³-hybridized carbons (Fsp3) is 0.286. The zero-order valence-corrected chi connectivity index (χ0v) is 10.6. The number of rotatable bonds is 2. The Morgan fingerprint density at radius 2 is 2.08 bits per heavy atom. The predicted molar refractivity (Wildman–Crippen MR) is 60.6 cm³/mol. The first-order valence-corrected chi connectivity index (χ1v) is 5.45. The summed E-state index contributed by atoms with van der Waals surface area (Å²) in [5, 5.41) is 8.80. The van der Waals surface area contributed by atoms with Crippen molar-refractivity contribution in [1.82, 2.24) is 4.98 Å². The number of hydrogen-bond acceptors (Lipinski definition) is 2. The quantitative estimate of drug-likeness (QED) is 0.760. The van der Waals surface area contributed by atoms with Crippen LogP contribution in [0.1, 0.15) is 17.7 Å². The lowest BCUT2D eigenvalue weighted by atomic mass is 10.2. The van der Waals surface area contributed by atoms with Crippen LogP contribution in [0.5, 0.6) is 0 Å². The summed E-state index contributed by atoms with van der Waals surface area (Å²) >= 11 is 3.58. The smallest absolute Gasteiger partial charge is 0.266 e. The zero-order chi connectivity index (χ0) is 10.0. The summed E-state index contributed by atoms with van der Waals surface area (Å²) in [5.74, 6) is 0. The summed E-state index contributed by atoms with van der Waals surface area (Å²) in [6, 6.07) is 0. The van der Waals surface area contributed by atoms with Gasteiger partial charge < -0.3 is 5.11 Å². The second kappa shape index (κ2) is 4.78. The van der Waals surface area contributed by atoms with Crippen LogP contribution in [0.3, 0.4) is 0 Å². The molecular formula is C7H5F2I2NO. The molecule has 0 amide bonds. The van der Waals surface area contributed by atoms with Gasteiger partial charge in [0.1, 0.15) is 0 Å². The van der Waals surface area contributed by atoms with Gasteiger partial charge in [0, 0.05) is 18.9 Å². The number of aromatic nitrogens is 1. The van der Waals surface area contributed by atoms with Crippen molar-refractivity contribution >= 4 is 45.2 Å². The molecule has 0 spiro atoms. The molecule has 0 radical (unpaired) electrons. The largest absolute Gasteiger partial charge is 0.390 e. The van der Waals surface area contributed by atoms with E-state index in [4.69, 9.17) is 5.11 Å². The Morgan fingerprint density at radius 3 is 2.54 bits per heavy atom. The Morgan fingerprint density at radius 1 is 1.46 bits per heavy atom. The number of nitrogens with zero attached hydrogens (tertiary/aromatic N) is 1. The molecule has 2 nitrogen and oxygen atoms in total. The maximum atomic E-state index is 12.5. The summed E-state index contributed by atoms with van der Waals surface area (Å²) in [7, 11) is 0. The topological polar surface area (TPSA) is 33.1 Å². The second-order valence-electron chi connectivity index (χ2n) is 2.24. The third kappa shape index (κ3) is 2.46. The van der Waals surface area contributed by atoms with E-state index in [1.54, 1.807) is 45.2 Å². The van der Waals surface area contributed by atoms with Gasteiger partial charge in [0.25, 0.3) is 6.43 Å². The highest BCUT2D eigenvalue weighted by Crippen LogP contribution is 2.30. The van der Waals surface area contributed by atoms with E-state index in [-0.39, 0.29) is 12.2 Å². The van der Waals surface area contributed by atoms with Crippen LogP contribution in [-0.4, -0.2) is 10.1 Å². The van der Waals surface area contributed by atoms with Gasteiger partial charge in [0.05, 0.1) is 12.3 Å². The summed E-state index contributed by atoms with van der Waals surface area (Å²) in [5.41, 5.74) is 0.261. The van der Waals surface area contributed by atoms with E-state index in [0.29, 0.717) is 12.8 Å². The molecule has 1 aromatic rings. The fourth-order valence-corrected chi connectivity index (χ4v) is 2.83. The molecule has 0 fully saturated rings. The molecule has 1 aromatic heterocycles. The Kier molecular flexibility index (Phi) is 4.23. The van der Waals surface area contributed by atoms with E-state index in [1.165, 1.54) is 6.20 Å². The Bertz CT molecular complexity index is 320. The fourth-order valence-electron chi connectivity index (χ4n) is 0.831. The highest BCUT2D eigenvalue weighted by Gasteiger charge is 2.18. The molecule has 72 valence electrons. The van der Waals surface area contributed by atoms with Crippen molar-refractivity contribution < 1.29 is 13.9 Å². The monoisotopic (exact) mass is 411 g/mol. The van der Waals surface area contributed by atoms with Gasteiger partial charge in [-0.25, -0.2) is 8.78 Å². The summed E-state index contributed by atoms with van der Waals surface area (Å²) < 4.78 is 25.7. The van der Waals surface area contributed by atoms with Gasteiger partial charge in [-0.1, -0.05) is 0 Å². The van der Waals surface area contributed by atoms with E-state index >= 15 is 0 Å². The molecule has 1 N–H and O–H groups in total. The van der Waals surface area contributed by atoms with Crippen molar-refractivity contribution in [3.05, 3.63) is 24.6 Å². The van der Waals surface area contributed by atoms with Gasteiger partial charge in [-0.15, -0.1) is 0 Å². The van der Waals surface area contributed by atoms with Gasteiger partial charge in [-0.2, -0.15) is 0 Å². The number of alkyl halides is 2. The van der Waals surface area contributed by atoms with E-state index in [1.807, 2.05) is 0 Å². The van der Waals surface area contributed by atoms with E-state index in [9.17, 15) is 8.78 Å². The van der Waals surface area contributed by atoms with Crippen molar-refractivity contribution in [2.45, 2.75) is 13.0 Å². The van der Waals surface area contributed by atoms with Gasteiger partial charge in [0.2, 0.25) is 0 Å². The van der Waals surface area contributed by atoms with Crippen LogP contribution >= 0.6 is 45.2 Å². The molecule has 0 bridgehead atoms. The molecule has 13 heavy (non-hydrogen) atoms. The minimum atomic E-state index is -2.52. The number of halogens is 4. The molecule has 0 unspecified atom stereocenters. The van der Waals surface area contributed by atoms with Gasteiger partial charge in [-0.3, -0.25) is 4.98 Å². The van der Waals surface area contributed by atoms with Crippen molar-refractivity contribution in [2.75, 3.05) is 0 Å². The lowest BCUT2D eigenvalue weighted by Crippen LogP contribution is -2.02. The lowest BCUT2D eigenvalue weighted by molar-refractivity contribution is 0.148. The van der Waals surface area contributed by atoms with Crippen LogP contribution in [0.4, 0.5) is 8.78 Å². The van der Waals surface area contributed by atoms with E-state index < -0.39 is 6.43 Å². The minimum absolute atomic E-state index is 0.0414. The first kappa shape index (κ1) is 11.5. The van der Waals surface area contributed by atoms with E-state index in [0.717, 1.165) is 0 Å². The summed E-state index contributed by atoms with van der Waals surface area (Å²) in [6.45, 7) is -0.311. The van der Waals surface area contributed by atoms with Crippen LogP contribution in [0, 0.1) is 7.14 Å². The third-order valence-corrected chi connectivity index (χ3v) is 3.51. The second-order valence-corrected chi connectivity index (χ2v) is 4.48. The summed E-state index contributed by atoms with van der Waals surface area (Å²) in [4.78, 5) is 3.84. The molecule has 0 atom stereocenters. The molecule has 6 heteroatoms. The van der Waals surface area contributed by atoms with Crippen LogP contribution in [-0.2, 0) is 6.61 Å². The Hall–Kier alpha value is 0.430. The molecule has 0 saturated carbocycles. The Balaban J connectivity index is 3.30. The van der Waals surface area contributed by atoms with Gasteiger partial charge in [0.15, 0.2) is 0 Å². The molecule has 0 aliphatic heterocycles. The van der Waals surface area contributed by atoms with Crippen molar-refractivity contribution in [3.63, 3.8) is 0 Å². The van der Waals surface area contributed by atoms with Crippen molar-refractivity contribution in [2.24, 2.45) is 0 Å². The molecule has 0 aliphatic rings. The first-order valence-electron chi connectivity index (χ1n) is 3.29. The number of hydrogen-bond donors (Lipinski definition) is 1. The van der Waals surface area contributed by atoms with Crippen LogP contribution in [0.25, 0.3) is 0 Å². The average molecular weight is 411 g/mol. The van der Waals surface area contributed by atoms with Gasteiger partial charge in [-0.05, 0) is 45.2 Å². The Labute approximate surface area is 101 Å². The lowest BCUT2D eigenvalue weighted by Gasteiger charge is -2.08. The normalized spacial score (nSPS) is 10.9.